The van der Waals surface area contributed by atoms with Crippen LogP contribution in [-0.2, 0) is 14.2 Å². The Labute approximate surface area is 90.3 Å². The van der Waals surface area contributed by atoms with Crippen molar-refractivity contribution in [3.05, 3.63) is 0 Å². The maximum atomic E-state index is 10.2. The third kappa shape index (κ3) is 7.16. The van der Waals surface area contributed by atoms with E-state index in [1.54, 1.807) is 7.11 Å². The van der Waals surface area contributed by atoms with Crippen molar-refractivity contribution in [1.82, 2.24) is 0 Å². The summed E-state index contributed by atoms with van der Waals surface area (Å²) in [6.45, 7) is 4.47. The van der Waals surface area contributed by atoms with Crippen LogP contribution in [-0.4, -0.2) is 43.8 Å². The molecule has 90 valence electrons. The molecule has 2 atom stereocenters. The van der Waals surface area contributed by atoms with Crippen LogP contribution >= 0.6 is 0 Å². The number of hydrogen-bond donors (Lipinski definition) is 1. The van der Waals surface area contributed by atoms with E-state index in [0.717, 1.165) is 6.42 Å². The Kier molecular flexibility index (Phi) is 8.04. The van der Waals surface area contributed by atoms with Crippen molar-refractivity contribution in [2.45, 2.75) is 38.9 Å². The number of carbonyl (C=O) groups is 1. The molecule has 0 amide bonds. The van der Waals surface area contributed by atoms with Gasteiger partial charge in [-0.1, -0.05) is 13.8 Å². The monoisotopic (exact) mass is 220 g/mol. The summed E-state index contributed by atoms with van der Waals surface area (Å²) < 4.78 is 15.1. The van der Waals surface area contributed by atoms with E-state index in [2.05, 4.69) is 4.74 Å². The van der Waals surface area contributed by atoms with Crippen LogP contribution in [0, 0.1) is 0 Å². The van der Waals surface area contributed by atoms with Gasteiger partial charge in [0.05, 0.1) is 18.8 Å². The van der Waals surface area contributed by atoms with Crippen LogP contribution in [0.25, 0.3) is 0 Å². The lowest BCUT2D eigenvalue weighted by atomic mass is 10.2. The predicted molar refractivity (Wildman–Crippen MR) is 55.1 cm³/mol. The van der Waals surface area contributed by atoms with Gasteiger partial charge in [-0.3, -0.25) is 0 Å². The van der Waals surface area contributed by atoms with Crippen molar-refractivity contribution >= 4 is 6.16 Å². The van der Waals surface area contributed by atoms with Crippen LogP contribution in [0.5, 0.6) is 0 Å². The molecule has 0 saturated heterocycles. The molecule has 0 aromatic heterocycles. The lowest BCUT2D eigenvalue weighted by Gasteiger charge is -2.19. The second kappa shape index (κ2) is 8.49. The van der Waals surface area contributed by atoms with Crippen LogP contribution in [0.2, 0.25) is 0 Å². The lowest BCUT2D eigenvalue weighted by molar-refractivity contribution is -0.0533. The largest absolute Gasteiger partial charge is 0.505 e. The summed E-state index contributed by atoms with van der Waals surface area (Å²) in [4.78, 5) is 10.2. The molecule has 0 saturated carbocycles. The van der Waals surface area contributed by atoms with Crippen LogP contribution in [0.15, 0.2) is 0 Å². The Hall–Kier alpha value is -0.810. The van der Waals surface area contributed by atoms with Crippen molar-refractivity contribution in [3.63, 3.8) is 0 Å². The highest BCUT2D eigenvalue weighted by molar-refractivity contribution is 5.56. The number of methoxy groups -OCH3 is 1. The van der Waals surface area contributed by atoms with Gasteiger partial charge in [0.2, 0.25) is 0 Å². The van der Waals surface area contributed by atoms with Crippen molar-refractivity contribution in [3.8, 4) is 0 Å². The summed E-state index contributed by atoms with van der Waals surface area (Å²) in [5.41, 5.74) is 0. The fourth-order valence-corrected chi connectivity index (χ4v) is 1.04. The van der Waals surface area contributed by atoms with Gasteiger partial charge < -0.3 is 19.3 Å². The highest BCUT2D eigenvalue weighted by Crippen LogP contribution is 2.04. The topological polar surface area (TPSA) is 65.0 Å². The zero-order chi connectivity index (χ0) is 11.7. The van der Waals surface area contributed by atoms with Crippen molar-refractivity contribution in [1.29, 1.82) is 0 Å². The summed E-state index contributed by atoms with van der Waals surface area (Å²) in [6, 6.07) is 0. The Morgan fingerprint density at radius 2 is 1.80 bits per heavy atom. The third-order valence-corrected chi connectivity index (χ3v) is 2.15. The molecule has 0 rings (SSSR count). The molecule has 0 spiro atoms. The quantitative estimate of drug-likeness (QED) is 0.633. The third-order valence-electron chi connectivity index (χ3n) is 2.15. The van der Waals surface area contributed by atoms with E-state index in [1.807, 2.05) is 13.8 Å². The Bertz CT molecular complexity index is 167. The molecular weight excluding hydrogens is 200 g/mol. The fourth-order valence-electron chi connectivity index (χ4n) is 1.04. The predicted octanol–water partition coefficient (Wildman–Crippen LogP) is 1.90. The van der Waals surface area contributed by atoms with E-state index >= 15 is 0 Å². The van der Waals surface area contributed by atoms with Gasteiger partial charge >= 0.3 is 6.16 Å². The van der Waals surface area contributed by atoms with Gasteiger partial charge in [-0.2, -0.15) is 0 Å². The van der Waals surface area contributed by atoms with E-state index < -0.39 is 6.16 Å². The Morgan fingerprint density at radius 3 is 2.20 bits per heavy atom. The first kappa shape index (κ1) is 14.2. The Morgan fingerprint density at radius 1 is 1.20 bits per heavy atom. The standard InChI is InChI=1S/C10H20O5/c1-4-8(13-3)6-14-9(5-2)7-15-10(11)12/h8-9H,4-7H2,1-3H3,(H,11,12). The second-order valence-corrected chi connectivity index (χ2v) is 3.21. The molecular formula is C10H20O5. The summed E-state index contributed by atoms with van der Waals surface area (Å²) in [7, 11) is 1.63. The van der Waals surface area contributed by atoms with Gasteiger partial charge in [0.15, 0.2) is 0 Å². The van der Waals surface area contributed by atoms with Gasteiger partial charge in [-0.05, 0) is 12.8 Å². The zero-order valence-corrected chi connectivity index (χ0v) is 9.56. The van der Waals surface area contributed by atoms with E-state index in [1.165, 1.54) is 0 Å². The van der Waals surface area contributed by atoms with Gasteiger partial charge in [-0.25, -0.2) is 4.79 Å². The molecule has 5 heteroatoms. The lowest BCUT2D eigenvalue weighted by Crippen LogP contribution is -2.26. The van der Waals surface area contributed by atoms with Gasteiger partial charge in [0.25, 0.3) is 0 Å². The molecule has 0 radical (unpaired) electrons. The summed E-state index contributed by atoms with van der Waals surface area (Å²) in [5, 5.41) is 8.33. The van der Waals surface area contributed by atoms with Gasteiger partial charge in [0.1, 0.15) is 6.61 Å². The number of rotatable bonds is 8. The Balaban J connectivity index is 3.73. The minimum atomic E-state index is -1.27. The maximum Gasteiger partial charge on any atom is 0.505 e. The SMILES string of the molecule is CCC(COC(CC)COC(=O)O)OC. The summed E-state index contributed by atoms with van der Waals surface area (Å²) >= 11 is 0. The average molecular weight is 220 g/mol. The first-order valence-electron chi connectivity index (χ1n) is 5.14. The molecule has 15 heavy (non-hydrogen) atoms. The molecule has 2 unspecified atom stereocenters. The molecule has 0 aliphatic carbocycles. The fraction of sp³-hybridized carbons (Fsp3) is 0.900. The summed E-state index contributed by atoms with van der Waals surface area (Å²) in [5.74, 6) is 0. The maximum absolute atomic E-state index is 10.2. The number of carboxylic acid groups (broad SMARTS) is 1. The second-order valence-electron chi connectivity index (χ2n) is 3.21. The highest BCUT2D eigenvalue weighted by atomic mass is 16.7. The normalized spacial score (nSPS) is 14.6. The van der Waals surface area contributed by atoms with Gasteiger partial charge in [-0.15, -0.1) is 0 Å². The van der Waals surface area contributed by atoms with Crippen LogP contribution < -0.4 is 0 Å². The molecule has 1 N–H and O–H groups in total. The molecule has 0 aromatic carbocycles. The molecule has 0 fully saturated rings. The molecule has 0 aromatic rings. The number of ether oxygens (including phenoxy) is 3. The molecule has 5 nitrogen and oxygen atoms in total. The van der Waals surface area contributed by atoms with Crippen LogP contribution in [0.1, 0.15) is 26.7 Å². The summed E-state index contributed by atoms with van der Waals surface area (Å²) in [6.07, 6.45) is 0.185. The van der Waals surface area contributed by atoms with Crippen molar-refractivity contribution < 1.29 is 24.1 Å². The minimum Gasteiger partial charge on any atom is -0.450 e. The van der Waals surface area contributed by atoms with E-state index in [4.69, 9.17) is 14.6 Å². The van der Waals surface area contributed by atoms with Crippen LogP contribution in [0.3, 0.4) is 0 Å². The van der Waals surface area contributed by atoms with Crippen molar-refractivity contribution in [2.75, 3.05) is 20.3 Å². The smallest absolute Gasteiger partial charge is 0.450 e. The zero-order valence-electron chi connectivity index (χ0n) is 9.56. The number of hydrogen-bond acceptors (Lipinski definition) is 4. The highest BCUT2D eigenvalue weighted by Gasteiger charge is 2.12. The first-order chi connectivity index (χ1) is 7.13. The van der Waals surface area contributed by atoms with Gasteiger partial charge in [0, 0.05) is 7.11 Å². The molecule has 0 heterocycles. The molecule has 0 aliphatic rings. The van der Waals surface area contributed by atoms with Crippen molar-refractivity contribution in [2.24, 2.45) is 0 Å². The molecule has 0 aliphatic heterocycles. The molecule has 0 bridgehead atoms. The first-order valence-corrected chi connectivity index (χ1v) is 5.14. The van der Waals surface area contributed by atoms with E-state index in [9.17, 15) is 4.79 Å². The van der Waals surface area contributed by atoms with E-state index in [0.29, 0.717) is 13.0 Å². The minimum absolute atomic E-state index is 0.0591. The van der Waals surface area contributed by atoms with Crippen LogP contribution in [0.4, 0.5) is 4.79 Å². The van der Waals surface area contributed by atoms with E-state index in [-0.39, 0.29) is 18.8 Å². The average Bonchev–Trinajstić information content (AvgIpc) is 2.23.